The number of amides is 1. The first-order valence-corrected chi connectivity index (χ1v) is 9.86. The van der Waals surface area contributed by atoms with Gasteiger partial charge in [0.25, 0.3) is 0 Å². The highest BCUT2D eigenvalue weighted by atomic mass is 16.6. The maximum absolute atomic E-state index is 12.4. The largest absolute Gasteiger partial charge is 0.491 e. The molecular formula is C22H30N2O5. The van der Waals surface area contributed by atoms with Crippen molar-refractivity contribution in [1.29, 1.82) is 5.26 Å². The van der Waals surface area contributed by atoms with Gasteiger partial charge in [0.15, 0.2) is 5.92 Å². The lowest BCUT2D eigenvalue weighted by Crippen LogP contribution is -2.51. The van der Waals surface area contributed by atoms with Crippen molar-refractivity contribution in [2.45, 2.75) is 64.6 Å². The maximum Gasteiger partial charge on any atom is 0.410 e. The second kappa shape index (κ2) is 8.73. The van der Waals surface area contributed by atoms with Crippen LogP contribution in [-0.4, -0.2) is 46.9 Å². The molecule has 1 aromatic carbocycles. The van der Waals surface area contributed by atoms with Crippen LogP contribution >= 0.6 is 0 Å². The summed E-state index contributed by atoms with van der Waals surface area (Å²) in [4.78, 5) is 25.9. The van der Waals surface area contributed by atoms with E-state index >= 15 is 0 Å². The van der Waals surface area contributed by atoms with Crippen LogP contribution in [0.2, 0.25) is 0 Å². The molecule has 1 heterocycles. The number of nitrogens with zero attached hydrogens (tertiary/aromatic N) is 2. The van der Waals surface area contributed by atoms with Crippen molar-refractivity contribution in [1.82, 2.24) is 4.90 Å². The Morgan fingerprint density at radius 2 is 1.86 bits per heavy atom. The molecule has 0 radical (unpaired) electrons. The molecule has 0 saturated carbocycles. The molecule has 7 heteroatoms. The molecule has 1 atom stereocenters. The number of carboxylic acid groups (broad SMARTS) is 1. The molecule has 2 rings (SSSR count). The summed E-state index contributed by atoms with van der Waals surface area (Å²) in [6.07, 6.45) is 0.248. The van der Waals surface area contributed by atoms with Crippen LogP contribution in [0.4, 0.5) is 4.79 Å². The number of hydrogen-bond acceptors (Lipinski definition) is 5. The van der Waals surface area contributed by atoms with Crippen molar-refractivity contribution in [3.63, 3.8) is 0 Å². The van der Waals surface area contributed by atoms with Crippen molar-refractivity contribution in [3.05, 3.63) is 29.8 Å². The molecule has 0 bridgehead atoms. The highest BCUT2D eigenvalue weighted by Crippen LogP contribution is 2.43. The molecule has 29 heavy (non-hydrogen) atoms. The predicted molar refractivity (Wildman–Crippen MR) is 108 cm³/mol. The minimum absolute atomic E-state index is 0.0264. The van der Waals surface area contributed by atoms with Crippen LogP contribution in [0.3, 0.4) is 0 Å². The van der Waals surface area contributed by atoms with Crippen molar-refractivity contribution >= 4 is 12.1 Å². The molecule has 1 unspecified atom stereocenters. The van der Waals surface area contributed by atoms with E-state index in [1.807, 2.05) is 44.2 Å². The third-order valence-corrected chi connectivity index (χ3v) is 5.02. The summed E-state index contributed by atoms with van der Waals surface area (Å²) in [7, 11) is 0. The first kappa shape index (κ1) is 22.5. The van der Waals surface area contributed by atoms with Crippen molar-refractivity contribution in [2.75, 3.05) is 13.1 Å². The van der Waals surface area contributed by atoms with E-state index in [4.69, 9.17) is 9.47 Å². The van der Waals surface area contributed by atoms with Gasteiger partial charge in [-0.3, -0.25) is 4.79 Å². The second-order valence-electron chi connectivity index (χ2n) is 8.72. The quantitative estimate of drug-likeness (QED) is 0.800. The Labute approximate surface area is 172 Å². The summed E-state index contributed by atoms with van der Waals surface area (Å²) in [5.74, 6) is -1.75. The van der Waals surface area contributed by atoms with Gasteiger partial charge < -0.3 is 19.5 Å². The Morgan fingerprint density at radius 1 is 1.24 bits per heavy atom. The number of piperidine rings is 1. The Bertz CT molecular complexity index is 783. The molecule has 1 N–H and O–H groups in total. The minimum Gasteiger partial charge on any atom is -0.491 e. The first-order chi connectivity index (χ1) is 13.5. The van der Waals surface area contributed by atoms with Gasteiger partial charge in [-0.15, -0.1) is 0 Å². The van der Waals surface area contributed by atoms with E-state index in [1.54, 1.807) is 25.7 Å². The van der Waals surface area contributed by atoms with E-state index in [1.165, 1.54) is 0 Å². The van der Waals surface area contributed by atoms with Gasteiger partial charge in [-0.05, 0) is 65.2 Å². The van der Waals surface area contributed by atoms with Gasteiger partial charge in [-0.1, -0.05) is 12.1 Å². The molecule has 1 saturated heterocycles. The Hall–Kier alpha value is -2.75. The summed E-state index contributed by atoms with van der Waals surface area (Å²) in [5.41, 5.74) is -0.770. The second-order valence-corrected chi connectivity index (χ2v) is 8.72. The number of benzene rings is 1. The van der Waals surface area contributed by atoms with Crippen LogP contribution in [0.5, 0.6) is 5.75 Å². The highest BCUT2D eigenvalue weighted by molar-refractivity contribution is 5.76. The number of carbonyl (C=O) groups is 2. The zero-order chi connectivity index (χ0) is 21.8. The van der Waals surface area contributed by atoms with Crippen molar-refractivity contribution < 1.29 is 24.2 Å². The fourth-order valence-corrected chi connectivity index (χ4v) is 3.73. The lowest BCUT2D eigenvalue weighted by molar-refractivity contribution is -0.142. The van der Waals surface area contributed by atoms with Crippen molar-refractivity contribution in [2.24, 2.45) is 5.92 Å². The number of nitriles is 1. The molecule has 1 amide bonds. The van der Waals surface area contributed by atoms with Crippen LogP contribution in [0.1, 0.15) is 53.0 Å². The molecule has 1 fully saturated rings. The van der Waals surface area contributed by atoms with E-state index in [-0.39, 0.29) is 6.10 Å². The topological polar surface area (TPSA) is 99.9 Å². The molecule has 0 aromatic heterocycles. The van der Waals surface area contributed by atoms with Crippen LogP contribution in [0, 0.1) is 17.2 Å². The average molecular weight is 402 g/mol. The van der Waals surface area contributed by atoms with E-state index < -0.39 is 29.0 Å². The predicted octanol–water partition coefficient (Wildman–Crippen LogP) is 3.97. The highest BCUT2D eigenvalue weighted by Gasteiger charge is 2.48. The zero-order valence-corrected chi connectivity index (χ0v) is 17.8. The summed E-state index contributed by atoms with van der Waals surface area (Å²) in [6.45, 7) is 9.86. The smallest absolute Gasteiger partial charge is 0.410 e. The third-order valence-electron chi connectivity index (χ3n) is 5.02. The van der Waals surface area contributed by atoms with Crippen LogP contribution < -0.4 is 4.74 Å². The average Bonchev–Trinajstić information content (AvgIpc) is 2.60. The van der Waals surface area contributed by atoms with Crippen LogP contribution in [-0.2, 0) is 14.9 Å². The normalized spacial score (nSPS) is 17.3. The monoisotopic (exact) mass is 402 g/mol. The standard InChI is InChI=1S/C22H30N2O5/c1-15(2)28-17-8-6-7-16(13-17)22(18(14-23)19(25)26)9-11-24(12-10-22)20(27)29-21(3,4)5/h6-8,13,15,18H,9-12H2,1-5H3,(H,25,26). The number of carbonyl (C=O) groups excluding carboxylic acids is 1. The number of likely N-dealkylation sites (tertiary alicyclic amines) is 1. The summed E-state index contributed by atoms with van der Waals surface area (Å²) >= 11 is 0. The van der Waals surface area contributed by atoms with Gasteiger partial charge in [0, 0.05) is 18.5 Å². The third kappa shape index (κ3) is 5.41. The first-order valence-electron chi connectivity index (χ1n) is 9.86. The fourth-order valence-electron chi connectivity index (χ4n) is 3.73. The van der Waals surface area contributed by atoms with E-state index in [0.717, 1.165) is 5.56 Å². The maximum atomic E-state index is 12.4. The molecule has 1 aliphatic rings. The van der Waals surface area contributed by atoms with Gasteiger partial charge in [-0.25, -0.2) is 4.79 Å². The minimum atomic E-state index is -1.22. The SMILES string of the molecule is CC(C)Oc1cccc(C2(C(C#N)C(=O)O)CCN(C(=O)OC(C)(C)C)CC2)c1. The zero-order valence-electron chi connectivity index (χ0n) is 17.8. The number of rotatable bonds is 5. The van der Waals surface area contributed by atoms with E-state index in [9.17, 15) is 20.0 Å². The summed E-state index contributed by atoms with van der Waals surface area (Å²) in [6, 6.07) is 9.26. The molecule has 0 aliphatic carbocycles. The fraction of sp³-hybridized carbons (Fsp3) is 0.591. The molecule has 158 valence electrons. The van der Waals surface area contributed by atoms with Crippen molar-refractivity contribution in [3.8, 4) is 11.8 Å². The molecule has 0 spiro atoms. The molecule has 7 nitrogen and oxygen atoms in total. The van der Waals surface area contributed by atoms with Gasteiger partial charge in [-0.2, -0.15) is 5.26 Å². The Morgan fingerprint density at radius 3 is 2.34 bits per heavy atom. The summed E-state index contributed by atoms with van der Waals surface area (Å²) < 4.78 is 11.2. The van der Waals surface area contributed by atoms with Gasteiger partial charge in [0.1, 0.15) is 11.4 Å². The van der Waals surface area contributed by atoms with E-state index in [0.29, 0.717) is 31.7 Å². The summed E-state index contributed by atoms with van der Waals surface area (Å²) in [5, 5.41) is 19.4. The number of aliphatic carboxylic acids is 1. The van der Waals surface area contributed by atoms with Crippen LogP contribution in [0.25, 0.3) is 0 Å². The van der Waals surface area contributed by atoms with Gasteiger partial charge in [0.2, 0.25) is 0 Å². The lowest BCUT2D eigenvalue weighted by atomic mass is 9.64. The number of ether oxygens (including phenoxy) is 2. The number of carboxylic acids is 1. The molecule has 1 aromatic rings. The Kier molecular flexibility index (Phi) is 6.78. The van der Waals surface area contributed by atoms with Gasteiger partial charge >= 0.3 is 12.1 Å². The van der Waals surface area contributed by atoms with E-state index in [2.05, 4.69) is 0 Å². The molecular weight excluding hydrogens is 372 g/mol. The molecule has 1 aliphatic heterocycles. The van der Waals surface area contributed by atoms with Crippen LogP contribution in [0.15, 0.2) is 24.3 Å². The number of hydrogen-bond donors (Lipinski definition) is 1. The lowest BCUT2D eigenvalue weighted by Gasteiger charge is -2.43. The Balaban J connectivity index is 2.35. The van der Waals surface area contributed by atoms with Gasteiger partial charge in [0.05, 0.1) is 12.2 Å².